The average molecular weight is 220 g/mol. The summed E-state index contributed by atoms with van der Waals surface area (Å²) in [5.74, 6) is -0.0646. The smallest absolute Gasteiger partial charge is 0.308 e. The van der Waals surface area contributed by atoms with E-state index in [0.717, 1.165) is 30.8 Å². The van der Waals surface area contributed by atoms with Crippen molar-refractivity contribution < 1.29 is 9.90 Å². The monoisotopic (exact) mass is 220 g/mol. The number of carbonyl (C=O) groups is 1. The van der Waals surface area contributed by atoms with Gasteiger partial charge in [0.15, 0.2) is 0 Å². The van der Waals surface area contributed by atoms with Crippen LogP contribution in [0.4, 0.5) is 5.82 Å². The summed E-state index contributed by atoms with van der Waals surface area (Å²) in [6.45, 7) is 3.47. The van der Waals surface area contributed by atoms with E-state index < -0.39 is 5.97 Å². The zero-order valence-corrected chi connectivity index (χ0v) is 9.39. The molecule has 1 aliphatic heterocycles. The van der Waals surface area contributed by atoms with Crippen molar-refractivity contribution >= 4 is 11.8 Å². The topological polar surface area (TPSA) is 53.4 Å². The van der Waals surface area contributed by atoms with Gasteiger partial charge in [0.05, 0.1) is 5.92 Å². The van der Waals surface area contributed by atoms with E-state index in [4.69, 9.17) is 5.11 Å². The fourth-order valence-electron chi connectivity index (χ4n) is 2.03. The lowest BCUT2D eigenvalue weighted by atomic mass is 9.98. The Morgan fingerprint density at radius 2 is 2.38 bits per heavy atom. The molecule has 2 heterocycles. The van der Waals surface area contributed by atoms with Crippen molar-refractivity contribution in [2.45, 2.75) is 19.8 Å². The summed E-state index contributed by atoms with van der Waals surface area (Å²) in [5.41, 5.74) is 1.12. The summed E-state index contributed by atoms with van der Waals surface area (Å²) in [4.78, 5) is 17.3. The highest BCUT2D eigenvalue weighted by Gasteiger charge is 2.25. The van der Waals surface area contributed by atoms with Gasteiger partial charge in [0.1, 0.15) is 5.82 Å². The van der Waals surface area contributed by atoms with Gasteiger partial charge in [-0.2, -0.15) is 0 Å². The Morgan fingerprint density at radius 1 is 1.56 bits per heavy atom. The lowest BCUT2D eigenvalue weighted by molar-refractivity contribution is -0.141. The van der Waals surface area contributed by atoms with Gasteiger partial charge in [0, 0.05) is 19.3 Å². The van der Waals surface area contributed by atoms with Crippen molar-refractivity contribution in [3.05, 3.63) is 23.9 Å². The second-order valence-corrected chi connectivity index (χ2v) is 4.32. The number of aliphatic carboxylic acids is 1. The summed E-state index contributed by atoms with van der Waals surface area (Å²) in [5, 5.41) is 9.00. The molecule has 0 unspecified atom stereocenters. The highest BCUT2D eigenvalue weighted by atomic mass is 16.4. The van der Waals surface area contributed by atoms with Gasteiger partial charge in [-0.05, 0) is 31.4 Å². The second-order valence-electron chi connectivity index (χ2n) is 4.32. The molecule has 4 nitrogen and oxygen atoms in total. The molecule has 0 spiro atoms. The van der Waals surface area contributed by atoms with E-state index in [2.05, 4.69) is 9.88 Å². The van der Waals surface area contributed by atoms with E-state index in [-0.39, 0.29) is 5.92 Å². The number of aryl methyl sites for hydroxylation is 1. The maximum absolute atomic E-state index is 10.9. The lowest BCUT2D eigenvalue weighted by Crippen LogP contribution is -2.39. The zero-order chi connectivity index (χ0) is 11.5. The first-order valence-corrected chi connectivity index (χ1v) is 5.57. The molecule has 0 bridgehead atoms. The van der Waals surface area contributed by atoms with Crippen LogP contribution in [-0.2, 0) is 4.79 Å². The molecule has 1 N–H and O–H groups in total. The zero-order valence-electron chi connectivity index (χ0n) is 9.39. The molecule has 1 aromatic heterocycles. The normalized spacial score (nSPS) is 20.8. The SMILES string of the molecule is Cc1ccc(N2CCC[C@@H](C(=O)O)C2)nc1. The number of rotatable bonds is 2. The fourth-order valence-corrected chi connectivity index (χ4v) is 2.03. The quantitative estimate of drug-likeness (QED) is 0.824. The van der Waals surface area contributed by atoms with Gasteiger partial charge in [-0.15, -0.1) is 0 Å². The van der Waals surface area contributed by atoms with Crippen LogP contribution in [0.15, 0.2) is 18.3 Å². The van der Waals surface area contributed by atoms with E-state index >= 15 is 0 Å². The van der Waals surface area contributed by atoms with Crippen molar-refractivity contribution in [3.8, 4) is 0 Å². The minimum Gasteiger partial charge on any atom is -0.481 e. The van der Waals surface area contributed by atoms with E-state index in [1.807, 2.05) is 25.3 Å². The molecule has 1 saturated heterocycles. The summed E-state index contributed by atoms with van der Waals surface area (Å²) in [6.07, 6.45) is 3.52. The molecule has 0 saturated carbocycles. The summed E-state index contributed by atoms with van der Waals surface area (Å²) in [7, 11) is 0. The number of carboxylic acid groups (broad SMARTS) is 1. The van der Waals surface area contributed by atoms with Crippen LogP contribution >= 0.6 is 0 Å². The van der Waals surface area contributed by atoms with E-state index in [1.165, 1.54) is 0 Å². The van der Waals surface area contributed by atoms with Crippen molar-refractivity contribution in [3.63, 3.8) is 0 Å². The van der Waals surface area contributed by atoms with E-state index in [0.29, 0.717) is 6.54 Å². The minimum atomic E-state index is -0.697. The lowest BCUT2D eigenvalue weighted by Gasteiger charge is -2.31. The van der Waals surface area contributed by atoms with Crippen LogP contribution in [-0.4, -0.2) is 29.1 Å². The maximum Gasteiger partial charge on any atom is 0.308 e. The Labute approximate surface area is 94.9 Å². The molecule has 86 valence electrons. The van der Waals surface area contributed by atoms with E-state index in [1.54, 1.807) is 0 Å². The number of hydrogen-bond acceptors (Lipinski definition) is 3. The van der Waals surface area contributed by atoms with Crippen molar-refractivity contribution in [1.29, 1.82) is 0 Å². The molecule has 0 amide bonds. The predicted molar refractivity (Wildman–Crippen MR) is 61.5 cm³/mol. The van der Waals surface area contributed by atoms with Gasteiger partial charge >= 0.3 is 5.97 Å². The van der Waals surface area contributed by atoms with Crippen LogP contribution in [0.1, 0.15) is 18.4 Å². The molecule has 0 aliphatic carbocycles. The first kappa shape index (κ1) is 10.9. The molecular weight excluding hydrogens is 204 g/mol. The van der Waals surface area contributed by atoms with E-state index in [9.17, 15) is 4.79 Å². The minimum absolute atomic E-state index is 0.253. The van der Waals surface area contributed by atoms with Crippen molar-refractivity contribution in [1.82, 2.24) is 4.98 Å². The standard InChI is InChI=1S/C12H16N2O2/c1-9-4-5-11(13-7-9)14-6-2-3-10(8-14)12(15)16/h4-5,7,10H,2-3,6,8H2,1H3,(H,15,16)/t10-/m1/s1. The third-order valence-electron chi connectivity index (χ3n) is 2.99. The predicted octanol–water partition coefficient (Wildman–Crippen LogP) is 1.69. The number of carboxylic acids is 1. The summed E-state index contributed by atoms with van der Waals surface area (Å²) >= 11 is 0. The highest BCUT2D eigenvalue weighted by molar-refractivity contribution is 5.71. The number of hydrogen-bond donors (Lipinski definition) is 1. The van der Waals surface area contributed by atoms with Crippen LogP contribution in [0.2, 0.25) is 0 Å². The third-order valence-corrected chi connectivity index (χ3v) is 2.99. The van der Waals surface area contributed by atoms with Crippen LogP contribution in [0, 0.1) is 12.8 Å². The largest absolute Gasteiger partial charge is 0.481 e. The molecule has 2 rings (SSSR count). The fraction of sp³-hybridized carbons (Fsp3) is 0.500. The van der Waals surface area contributed by atoms with Crippen molar-refractivity contribution in [2.24, 2.45) is 5.92 Å². The van der Waals surface area contributed by atoms with Crippen molar-refractivity contribution in [2.75, 3.05) is 18.0 Å². The number of pyridine rings is 1. The van der Waals surface area contributed by atoms with Gasteiger partial charge < -0.3 is 10.0 Å². The van der Waals surface area contributed by atoms with Gasteiger partial charge in [-0.25, -0.2) is 4.98 Å². The number of anilines is 1. The first-order chi connectivity index (χ1) is 7.66. The Morgan fingerprint density at radius 3 is 3.00 bits per heavy atom. The maximum atomic E-state index is 10.9. The van der Waals surface area contributed by atoms with Gasteiger partial charge in [-0.1, -0.05) is 6.07 Å². The Kier molecular flexibility index (Phi) is 3.08. The molecule has 16 heavy (non-hydrogen) atoms. The Bertz CT molecular complexity index is 375. The molecule has 0 aromatic carbocycles. The first-order valence-electron chi connectivity index (χ1n) is 5.57. The third kappa shape index (κ3) is 2.32. The summed E-state index contributed by atoms with van der Waals surface area (Å²) < 4.78 is 0. The molecular formula is C12H16N2O2. The average Bonchev–Trinajstić information content (AvgIpc) is 2.30. The molecule has 1 fully saturated rings. The number of aromatic nitrogens is 1. The van der Waals surface area contributed by atoms with Crippen LogP contribution in [0.5, 0.6) is 0 Å². The molecule has 1 atom stereocenters. The Hall–Kier alpha value is -1.58. The number of nitrogens with zero attached hydrogens (tertiary/aromatic N) is 2. The molecule has 1 aromatic rings. The van der Waals surface area contributed by atoms with Crippen LogP contribution in [0.25, 0.3) is 0 Å². The highest BCUT2D eigenvalue weighted by Crippen LogP contribution is 2.21. The Balaban J connectivity index is 2.09. The van der Waals surface area contributed by atoms with Gasteiger partial charge in [-0.3, -0.25) is 4.79 Å². The van der Waals surface area contributed by atoms with Gasteiger partial charge in [0.25, 0.3) is 0 Å². The van der Waals surface area contributed by atoms with Crippen LogP contribution in [0.3, 0.4) is 0 Å². The molecule has 4 heteroatoms. The number of piperidine rings is 1. The second kappa shape index (κ2) is 4.51. The molecule has 0 radical (unpaired) electrons. The summed E-state index contributed by atoms with van der Waals surface area (Å²) in [6, 6.07) is 3.96. The van der Waals surface area contributed by atoms with Gasteiger partial charge in [0.2, 0.25) is 0 Å². The van der Waals surface area contributed by atoms with Crippen LogP contribution < -0.4 is 4.90 Å². The molecule has 1 aliphatic rings.